The van der Waals surface area contributed by atoms with Gasteiger partial charge in [-0.15, -0.1) is 0 Å². The van der Waals surface area contributed by atoms with Crippen LogP contribution in [0.5, 0.6) is 11.5 Å². The van der Waals surface area contributed by atoms with E-state index >= 15 is 0 Å². The van der Waals surface area contributed by atoms with Crippen molar-refractivity contribution in [3.8, 4) is 11.5 Å². The molecule has 0 aliphatic carbocycles. The molecule has 1 aliphatic heterocycles. The molecule has 0 spiro atoms. The summed E-state index contributed by atoms with van der Waals surface area (Å²) >= 11 is 0. The number of halogens is 2. The number of benzene rings is 2. The number of carbonyl (C=O) groups excluding carboxylic acids is 3. The van der Waals surface area contributed by atoms with Gasteiger partial charge in [-0.1, -0.05) is 30.3 Å². The average molecular weight is 564 g/mol. The van der Waals surface area contributed by atoms with E-state index in [4.69, 9.17) is 4.74 Å². The number of nitrogens with one attached hydrogen (secondary N) is 3. The monoisotopic (exact) mass is 563 g/mol. The van der Waals surface area contributed by atoms with Crippen LogP contribution in [0.25, 0.3) is 10.9 Å². The quantitative estimate of drug-likeness (QED) is 0.271. The van der Waals surface area contributed by atoms with Gasteiger partial charge in [-0.2, -0.15) is 8.78 Å². The molecule has 3 amide bonds. The van der Waals surface area contributed by atoms with Crippen molar-refractivity contribution in [2.24, 2.45) is 0 Å². The average Bonchev–Trinajstić information content (AvgIpc) is 3.59. The molecule has 3 N–H and O–H groups in total. The summed E-state index contributed by atoms with van der Waals surface area (Å²) in [6, 6.07) is 18.0. The molecule has 3 heterocycles. The maximum atomic E-state index is 13.1. The van der Waals surface area contributed by atoms with Gasteiger partial charge in [0.1, 0.15) is 17.5 Å². The summed E-state index contributed by atoms with van der Waals surface area (Å²) in [7, 11) is 0. The van der Waals surface area contributed by atoms with Crippen molar-refractivity contribution in [3.63, 3.8) is 0 Å². The van der Waals surface area contributed by atoms with Crippen molar-refractivity contribution in [2.45, 2.75) is 31.7 Å². The van der Waals surface area contributed by atoms with Gasteiger partial charge in [0.2, 0.25) is 11.8 Å². The highest BCUT2D eigenvalue weighted by molar-refractivity contribution is 5.99. The minimum absolute atomic E-state index is 0.111. The molecule has 0 unspecified atom stereocenters. The summed E-state index contributed by atoms with van der Waals surface area (Å²) in [6.45, 7) is -3.61. The van der Waals surface area contributed by atoms with Crippen molar-refractivity contribution < 1.29 is 32.6 Å². The summed E-state index contributed by atoms with van der Waals surface area (Å²) in [5.74, 6) is -0.886. The van der Waals surface area contributed by atoms with Crippen molar-refractivity contribution in [2.75, 3.05) is 13.1 Å². The van der Waals surface area contributed by atoms with Crippen LogP contribution in [0.15, 0.2) is 79.1 Å². The number of para-hydroxylation sites is 2. The molecule has 0 bridgehead atoms. The second kappa shape index (κ2) is 12.6. The van der Waals surface area contributed by atoms with Gasteiger partial charge in [-0.25, -0.2) is 0 Å². The number of hydrogen-bond donors (Lipinski definition) is 3. The Balaban J connectivity index is 1.23. The van der Waals surface area contributed by atoms with Crippen molar-refractivity contribution in [1.82, 2.24) is 25.5 Å². The molecule has 2 atom stereocenters. The third-order valence-corrected chi connectivity index (χ3v) is 6.61. The lowest BCUT2D eigenvalue weighted by Crippen LogP contribution is -2.49. The van der Waals surface area contributed by atoms with Crippen molar-refractivity contribution in [1.29, 1.82) is 0 Å². The van der Waals surface area contributed by atoms with Crippen LogP contribution in [0.3, 0.4) is 0 Å². The Morgan fingerprint density at radius 1 is 1.05 bits per heavy atom. The van der Waals surface area contributed by atoms with Crippen LogP contribution in [-0.4, -0.2) is 64.4 Å². The van der Waals surface area contributed by atoms with Gasteiger partial charge in [0.15, 0.2) is 0 Å². The Morgan fingerprint density at radius 3 is 2.61 bits per heavy atom. The second-order valence-corrected chi connectivity index (χ2v) is 9.39. The molecule has 212 valence electrons. The molecule has 2 aromatic heterocycles. The smallest absolute Gasteiger partial charge is 0.345 e. The Labute approximate surface area is 233 Å². The largest absolute Gasteiger partial charge is 0.457 e. The van der Waals surface area contributed by atoms with Crippen molar-refractivity contribution >= 4 is 28.6 Å². The van der Waals surface area contributed by atoms with Crippen LogP contribution in [0, 0.1) is 0 Å². The number of fused-ring (bicyclic) bond motifs is 1. The fourth-order valence-corrected chi connectivity index (χ4v) is 4.70. The molecule has 1 fully saturated rings. The number of carbonyl (C=O) groups is 3. The predicted molar refractivity (Wildman–Crippen MR) is 144 cm³/mol. The lowest BCUT2D eigenvalue weighted by Gasteiger charge is -2.24. The van der Waals surface area contributed by atoms with Gasteiger partial charge in [0, 0.05) is 42.0 Å². The van der Waals surface area contributed by atoms with Crippen molar-refractivity contribution in [3.05, 3.63) is 90.4 Å². The van der Waals surface area contributed by atoms with Gasteiger partial charge in [-0.3, -0.25) is 19.4 Å². The highest BCUT2D eigenvalue weighted by Crippen LogP contribution is 2.26. The summed E-state index contributed by atoms with van der Waals surface area (Å²) in [5.41, 5.74) is 1.76. The number of hydrogen-bond acceptors (Lipinski definition) is 6. The zero-order chi connectivity index (χ0) is 28.8. The topological polar surface area (TPSA) is 126 Å². The lowest BCUT2D eigenvalue weighted by atomic mass is 10.1. The van der Waals surface area contributed by atoms with E-state index in [2.05, 4.69) is 25.3 Å². The van der Waals surface area contributed by atoms with Crippen LogP contribution in [-0.2, 0) is 20.9 Å². The zero-order valence-electron chi connectivity index (χ0n) is 21.8. The summed E-state index contributed by atoms with van der Waals surface area (Å²) < 4.78 is 36.3. The molecule has 1 aliphatic rings. The fraction of sp³-hybridized carbons (Fsp3) is 0.241. The number of H-pyrrole nitrogens is 1. The van der Waals surface area contributed by atoms with E-state index in [1.54, 1.807) is 67.0 Å². The number of ether oxygens (including phenoxy) is 2. The first-order valence-electron chi connectivity index (χ1n) is 12.9. The SMILES string of the molecule is O=C(NCC(=O)N1C[C@H](OC(F)F)C[C@H]1C(=O)NCc1cc2cnccc2[nH]1)c1ccccc1Oc1ccccc1. The molecular formula is C29H27F2N5O5. The number of aromatic nitrogens is 2. The third-order valence-electron chi connectivity index (χ3n) is 6.61. The summed E-state index contributed by atoms with van der Waals surface area (Å²) in [4.78, 5) is 47.6. The Bertz CT molecular complexity index is 1500. The molecule has 0 saturated carbocycles. The van der Waals surface area contributed by atoms with E-state index in [-0.39, 0.29) is 25.1 Å². The van der Waals surface area contributed by atoms with Crippen LogP contribution >= 0.6 is 0 Å². The maximum Gasteiger partial charge on any atom is 0.345 e. The molecule has 0 radical (unpaired) electrons. The van der Waals surface area contributed by atoms with Gasteiger partial charge >= 0.3 is 6.61 Å². The number of nitrogens with zero attached hydrogens (tertiary/aromatic N) is 2. The molecule has 4 aromatic rings. The maximum absolute atomic E-state index is 13.1. The van der Waals surface area contributed by atoms with Gasteiger partial charge in [-0.05, 0) is 36.4 Å². The molecule has 10 nitrogen and oxygen atoms in total. The van der Waals surface area contributed by atoms with E-state index in [0.717, 1.165) is 15.8 Å². The van der Waals surface area contributed by atoms with E-state index < -0.39 is 43.0 Å². The number of likely N-dealkylation sites (tertiary alicyclic amines) is 1. The molecular weight excluding hydrogens is 536 g/mol. The fourth-order valence-electron chi connectivity index (χ4n) is 4.70. The van der Waals surface area contributed by atoms with Gasteiger partial charge in [0.25, 0.3) is 5.91 Å². The molecule has 2 aromatic carbocycles. The number of rotatable bonds is 10. The van der Waals surface area contributed by atoms with E-state index in [1.165, 1.54) is 0 Å². The number of amides is 3. The minimum Gasteiger partial charge on any atom is -0.457 e. The lowest BCUT2D eigenvalue weighted by molar-refractivity contribution is -0.160. The Morgan fingerprint density at radius 2 is 1.83 bits per heavy atom. The van der Waals surface area contributed by atoms with Crippen LogP contribution in [0.2, 0.25) is 0 Å². The Kier molecular flexibility index (Phi) is 8.49. The second-order valence-electron chi connectivity index (χ2n) is 9.39. The predicted octanol–water partition coefficient (Wildman–Crippen LogP) is 3.61. The molecule has 1 saturated heterocycles. The highest BCUT2D eigenvalue weighted by Gasteiger charge is 2.41. The molecule has 5 rings (SSSR count). The van der Waals surface area contributed by atoms with Gasteiger partial charge < -0.3 is 30.0 Å². The number of pyridine rings is 1. The third kappa shape index (κ3) is 6.84. The summed E-state index contributed by atoms with van der Waals surface area (Å²) in [6.07, 6.45) is 2.17. The van der Waals surface area contributed by atoms with Crippen LogP contribution in [0.4, 0.5) is 8.78 Å². The number of alkyl halides is 2. The van der Waals surface area contributed by atoms with Gasteiger partial charge in [0.05, 0.1) is 24.8 Å². The first-order valence-corrected chi connectivity index (χ1v) is 12.9. The number of aromatic amines is 1. The zero-order valence-corrected chi connectivity index (χ0v) is 21.8. The first-order chi connectivity index (χ1) is 19.9. The standard InChI is InChI=1S/C29H27F2N5O5/c30-29(31)41-21-13-24(28(39)33-15-19-12-18-14-32-11-10-23(18)35-19)36(17-21)26(37)16-34-27(38)22-8-4-5-9-25(22)40-20-6-2-1-3-7-20/h1-12,14,21,24,29,35H,13,15-17H2,(H,33,39)(H,34,38)/t21-,24+/m1/s1. The Hall–Kier alpha value is -4.84. The van der Waals surface area contributed by atoms with E-state index in [0.29, 0.717) is 17.2 Å². The first kappa shape index (κ1) is 27.7. The van der Waals surface area contributed by atoms with E-state index in [9.17, 15) is 23.2 Å². The molecule has 12 heteroatoms. The van der Waals surface area contributed by atoms with Crippen LogP contribution < -0.4 is 15.4 Å². The normalized spacial score (nSPS) is 16.6. The highest BCUT2D eigenvalue weighted by atomic mass is 19.3. The van der Waals surface area contributed by atoms with Crippen LogP contribution in [0.1, 0.15) is 22.5 Å². The molecule has 41 heavy (non-hydrogen) atoms. The minimum atomic E-state index is -3.06. The van der Waals surface area contributed by atoms with E-state index in [1.807, 2.05) is 12.1 Å². The summed E-state index contributed by atoms with van der Waals surface area (Å²) in [5, 5.41) is 6.17.